The van der Waals surface area contributed by atoms with Gasteiger partial charge >= 0.3 is 0 Å². The molecule has 0 saturated heterocycles. The van der Waals surface area contributed by atoms with E-state index in [9.17, 15) is 13.2 Å². The highest BCUT2D eigenvalue weighted by Gasteiger charge is 2.17. The number of aromatic nitrogens is 2. The van der Waals surface area contributed by atoms with Crippen LogP contribution >= 0.6 is 0 Å². The molecule has 30 heavy (non-hydrogen) atoms. The summed E-state index contributed by atoms with van der Waals surface area (Å²) in [6.07, 6.45) is 1.64. The van der Waals surface area contributed by atoms with Gasteiger partial charge in [0.15, 0.2) is 0 Å². The average Bonchev–Trinajstić information content (AvgIpc) is 3.09. The summed E-state index contributed by atoms with van der Waals surface area (Å²) in [7, 11) is -3.72. The van der Waals surface area contributed by atoms with E-state index in [-0.39, 0.29) is 10.8 Å². The molecule has 2 N–H and O–H groups in total. The van der Waals surface area contributed by atoms with Crippen molar-refractivity contribution in [2.75, 3.05) is 10.0 Å². The van der Waals surface area contributed by atoms with Crippen LogP contribution in [0.15, 0.2) is 59.6 Å². The molecule has 3 rings (SSSR count). The van der Waals surface area contributed by atoms with Crippen LogP contribution in [0.4, 0.5) is 11.5 Å². The Kier molecular flexibility index (Phi) is 6.26. The molecule has 0 aliphatic rings. The number of carbonyl (C=O) groups excluding carboxylic acids is 1. The largest absolute Gasteiger partial charge is 0.307 e. The normalized spacial score (nSPS) is 11.5. The molecule has 0 aliphatic carbocycles. The lowest BCUT2D eigenvalue weighted by molar-refractivity contribution is 0.102. The zero-order valence-corrected chi connectivity index (χ0v) is 18.3. The third kappa shape index (κ3) is 5.07. The lowest BCUT2D eigenvalue weighted by atomic mass is 10.2. The molecule has 2 aromatic carbocycles. The molecule has 3 aromatic rings. The summed E-state index contributed by atoms with van der Waals surface area (Å²) < 4.78 is 29.8. The molecule has 8 heteroatoms. The van der Waals surface area contributed by atoms with Crippen LogP contribution in [0.2, 0.25) is 0 Å². The molecular formula is C22H26N4O3S. The fourth-order valence-electron chi connectivity index (χ4n) is 3.02. The Morgan fingerprint density at radius 3 is 2.43 bits per heavy atom. The molecule has 0 bridgehead atoms. The highest BCUT2D eigenvalue weighted by atomic mass is 32.2. The molecule has 0 atom stereocenters. The number of nitrogens with one attached hydrogen (secondary N) is 2. The summed E-state index contributed by atoms with van der Waals surface area (Å²) in [5, 5.41) is 7.07. The number of hydrogen-bond acceptors (Lipinski definition) is 4. The Labute approximate surface area is 177 Å². The zero-order chi connectivity index (χ0) is 21.9. The van der Waals surface area contributed by atoms with Crippen molar-refractivity contribution < 1.29 is 13.2 Å². The second-order valence-corrected chi connectivity index (χ2v) is 9.35. The number of rotatable bonds is 7. The quantitative estimate of drug-likeness (QED) is 0.592. The van der Waals surface area contributed by atoms with Crippen LogP contribution < -0.4 is 10.0 Å². The highest BCUT2D eigenvalue weighted by Crippen LogP contribution is 2.21. The molecule has 0 unspecified atom stereocenters. The van der Waals surface area contributed by atoms with E-state index in [0.717, 1.165) is 5.56 Å². The summed E-state index contributed by atoms with van der Waals surface area (Å²) >= 11 is 0. The zero-order valence-electron chi connectivity index (χ0n) is 17.5. The van der Waals surface area contributed by atoms with Crippen LogP contribution in [-0.2, 0) is 16.6 Å². The van der Waals surface area contributed by atoms with Crippen molar-refractivity contribution in [3.05, 3.63) is 71.4 Å². The molecule has 0 fully saturated rings. The third-order valence-corrected chi connectivity index (χ3v) is 6.05. The Balaban J connectivity index is 1.73. The van der Waals surface area contributed by atoms with Crippen molar-refractivity contribution in [1.29, 1.82) is 0 Å². The van der Waals surface area contributed by atoms with Crippen LogP contribution in [0.1, 0.15) is 35.3 Å². The minimum atomic E-state index is -3.72. The van der Waals surface area contributed by atoms with Gasteiger partial charge in [0.2, 0.25) is 0 Å². The first-order valence-corrected chi connectivity index (χ1v) is 11.2. The van der Waals surface area contributed by atoms with Crippen LogP contribution in [0.3, 0.4) is 0 Å². The number of carbonyl (C=O) groups is 1. The third-order valence-electron chi connectivity index (χ3n) is 4.53. The van der Waals surface area contributed by atoms with E-state index in [2.05, 4.69) is 29.0 Å². The van der Waals surface area contributed by atoms with Gasteiger partial charge in [-0.1, -0.05) is 26.0 Å². The molecule has 0 aliphatic heterocycles. The fourth-order valence-corrected chi connectivity index (χ4v) is 4.40. The van der Waals surface area contributed by atoms with Gasteiger partial charge in [-0.25, -0.2) is 13.1 Å². The van der Waals surface area contributed by atoms with E-state index in [1.807, 2.05) is 13.0 Å². The molecule has 7 nitrogen and oxygen atoms in total. The maximum absolute atomic E-state index is 12.7. The second kappa shape index (κ2) is 8.71. The van der Waals surface area contributed by atoms with E-state index in [4.69, 9.17) is 0 Å². The smallest absolute Gasteiger partial charge is 0.262 e. The van der Waals surface area contributed by atoms with Crippen LogP contribution in [0, 0.1) is 19.8 Å². The van der Waals surface area contributed by atoms with Crippen molar-refractivity contribution in [1.82, 2.24) is 9.78 Å². The van der Waals surface area contributed by atoms with Crippen LogP contribution in [0.25, 0.3) is 0 Å². The predicted molar refractivity (Wildman–Crippen MR) is 118 cm³/mol. The maximum atomic E-state index is 12.7. The molecule has 1 heterocycles. The number of hydrogen-bond donors (Lipinski definition) is 2. The van der Waals surface area contributed by atoms with Gasteiger partial charge in [0.05, 0.1) is 11.1 Å². The lowest BCUT2D eigenvalue weighted by Gasteiger charge is -2.12. The molecule has 0 radical (unpaired) electrons. The maximum Gasteiger partial charge on any atom is 0.262 e. The molecule has 158 valence electrons. The van der Waals surface area contributed by atoms with Crippen molar-refractivity contribution in [3.63, 3.8) is 0 Å². The summed E-state index contributed by atoms with van der Waals surface area (Å²) in [6, 6.07) is 13.3. The van der Waals surface area contributed by atoms with Crippen molar-refractivity contribution in [2.24, 2.45) is 5.92 Å². The van der Waals surface area contributed by atoms with E-state index in [1.54, 1.807) is 60.3 Å². The molecular weight excluding hydrogens is 400 g/mol. The van der Waals surface area contributed by atoms with Gasteiger partial charge in [-0.3, -0.25) is 9.52 Å². The van der Waals surface area contributed by atoms with E-state index < -0.39 is 10.0 Å². The number of sulfonamides is 1. The van der Waals surface area contributed by atoms with Gasteiger partial charge in [-0.2, -0.15) is 5.10 Å². The number of aryl methyl sites for hydroxylation is 2. The Bertz CT molecular complexity index is 1150. The molecule has 0 spiro atoms. The first-order valence-electron chi connectivity index (χ1n) is 9.69. The van der Waals surface area contributed by atoms with Crippen molar-refractivity contribution >= 4 is 27.4 Å². The fraction of sp³-hybridized carbons (Fsp3) is 0.273. The first kappa shape index (κ1) is 21.6. The van der Waals surface area contributed by atoms with E-state index >= 15 is 0 Å². The molecule has 0 saturated carbocycles. The predicted octanol–water partition coefficient (Wildman–Crippen LogP) is 4.21. The van der Waals surface area contributed by atoms with Gasteiger partial charge in [0.25, 0.3) is 15.9 Å². The second-order valence-electron chi connectivity index (χ2n) is 7.70. The topological polar surface area (TPSA) is 93.1 Å². The van der Waals surface area contributed by atoms with E-state index in [1.165, 1.54) is 0 Å². The van der Waals surface area contributed by atoms with Gasteiger partial charge in [0.1, 0.15) is 5.82 Å². The average molecular weight is 427 g/mol. The molecule has 1 amide bonds. The number of anilines is 2. The SMILES string of the molecule is Cc1ccc(C)c(S(=O)(=O)Nc2ccc(C(=O)Nc3ccnn3CC(C)C)cc2)c1. The Morgan fingerprint density at radius 2 is 1.77 bits per heavy atom. The number of benzene rings is 2. The number of amides is 1. The first-order chi connectivity index (χ1) is 14.2. The summed E-state index contributed by atoms with van der Waals surface area (Å²) in [6.45, 7) is 8.45. The van der Waals surface area contributed by atoms with Gasteiger partial charge in [0, 0.05) is 23.9 Å². The van der Waals surface area contributed by atoms with Gasteiger partial charge in [-0.15, -0.1) is 0 Å². The van der Waals surface area contributed by atoms with Gasteiger partial charge < -0.3 is 5.32 Å². The Hall–Kier alpha value is -3.13. The molecule has 1 aromatic heterocycles. The summed E-state index contributed by atoms with van der Waals surface area (Å²) in [5.74, 6) is 0.725. The minimum Gasteiger partial charge on any atom is -0.307 e. The lowest BCUT2D eigenvalue weighted by Crippen LogP contribution is -2.17. The summed E-state index contributed by atoms with van der Waals surface area (Å²) in [4.78, 5) is 12.8. The number of nitrogens with zero attached hydrogens (tertiary/aromatic N) is 2. The standard InChI is InChI=1S/C22H26N4O3S/c1-15(2)14-26-21(11-12-23-26)24-22(27)18-7-9-19(10-8-18)25-30(28,29)20-13-16(3)5-6-17(20)4/h5-13,15,25H,14H2,1-4H3,(H,24,27). The van der Waals surface area contributed by atoms with Crippen LogP contribution in [-0.4, -0.2) is 24.1 Å². The van der Waals surface area contributed by atoms with Crippen molar-refractivity contribution in [3.8, 4) is 0 Å². The monoisotopic (exact) mass is 426 g/mol. The van der Waals surface area contributed by atoms with E-state index in [0.29, 0.717) is 35.1 Å². The Morgan fingerprint density at radius 1 is 1.07 bits per heavy atom. The van der Waals surface area contributed by atoms with Crippen LogP contribution in [0.5, 0.6) is 0 Å². The highest BCUT2D eigenvalue weighted by molar-refractivity contribution is 7.92. The minimum absolute atomic E-state index is 0.239. The summed E-state index contributed by atoms with van der Waals surface area (Å²) in [5.41, 5.74) is 2.34. The van der Waals surface area contributed by atoms with Crippen molar-refractivity contribution in [2.45, 2.75) is 39.1 Å². The van der Waals surface area contributed by atoms with Gasteiger partial charge in [-0.05, 0) is 61.2 Å².